The van der Waals surface area contributed by atoms with Crippen molar-refractivity contribution in [2.24, 2.45) is 0 Å². The maximum atomic E-state index is 12.5. The lowest BCUT2D eigenvalue weighted by Gasteiger charge is -2.10. The van der Waals surface area contributed by atoms with Crippen molar-refractivity contribution in [3.8, 4) is 11.6 Å². The fraction of sp³-hybridized carbons (Fsp3) is 0.333. The Kier molecular flexibility index (Phi) is 5.27. The van der Waals surface area contributed by atoms with Crippen LogP contribution in [0.25, 0.3) is 0 Å². The summed E-state index contributed by atoms with van der Waals surface area (Å²) in [5.74, 6) is 0.505. The van der Waals surface area contributed by atoms with E-state index in [1.54, 1.807) is 29.1 Å². The molecular weight excluding hydrogens is 306 g/mol. The lowest BCUT2D eigenvalue weighted by atomic mass is 10.2. The van der Waals surface area contributed by atoms with Gasteiger partial charge in [-0.2, -0.15) is 0 Å². The number of halogens is 1. The van der Waals surface area contributed by atoms with E-state index < -0.39 is 0 Å². The molecule has 1 aromatic carbocycles. The Hall–Kier alpha value is -2.21. The number of rotatable bonds is 6. The second-order valence-corrected chi connectivity index (χ2v) is 4.87. The summed E-state index contributed by atoms with van der Waals surface area (Å²) in [6.45, 7) is 4.85. The molecule has 0 aliphatic rings. The van der Waals surface area contributed by atoms with Gasteiger partial charge in [0.25, 0.3) is 5.91 Å². The van der Waals surface area contributed by atoms with Crippen LogP contribution in [0.5, 0.6) is 11.6 Å². The first kappa shape index (κ1) is 16.2. The van der Waals surface area contributed by atoms with Crippen molar-refractivity contribution in [1.82, 2.24) is 9.78 Å². The van der Waals surface area contributed by atoms with Gasteiger partial charge in [0.1, 0.15) is 11.3 Å². The number of hydrogen-bond acceptors (Lipinski definition) is 4. The predicted molar refractivity (Wildman–Crippen MR) is 85.0 cm³/mol. The number of aryl methyl sites for hydroxylation is 1. The Morgan fingerprint density at radius 2 is 2.18 bits per heavy atom. The van der Waals surface area contributed by atoms with E-state index in [2.05, 4.69) is 10.4 Å². The molecule has 22 heavy (non-hydrogen) atoms. The third kappa shape index (κ3) is 3.51. The summed E-state index contributed by atoms with van der Waals surface area (Å²) in [6.07, 6.45) is 1.65. The largest absolute Gasteiger partial charge is 0.495 e. The number of benzene rings is 1. The Labute approximate surface area is 134 Å². The van der Waals surface area contributed by atoms with Crippen molar-refractivity contribution in [3.05, 3.63) is 35.0 Å². The molecule has 0 saturated heterocycles. The molecule has 0 atom stereocenters. The molecule has 0 aliphatic heterocycles. The SMILES string of the molecule is CCOc1nn(CC)cc1C(=O)Nc1cc(Cl)ccc1OC. The number of amides is 1. The van der Waals surface area contributed by atoms with Gasteiger partial charge in [0.05, 0.1) is 19.4 Å². The molecule has 1 heterocycles. The normalized spacial score (nSPS) is 10.4. The summed E-state index contributed by atoms with van der Waals surface area (Å²) >= 11 is 5.96. The van der Waals surface area contributed by atoms with Gasteiger partial charge >= 0.3 is 0 Å². The van der Waals surface area contributed by atoms with E-state index in [1.807, 2.05) is 13.8 Å². The molecule has 0 saturated carbocycles. The van der Waals surface area contributed by atoms with Crippen LogP contribution in [0.2, 0.25) is 5.02 Å². The van der Waals surface area contributed by atoms with Crippen molar-refractivity contribution in [2.45, 2.75) is 20.4 Å². The lowest BCUT2D eigenvalue weighted by Crippen LogP contribution is -2.13. The maximum absolute atomic E-state index is 12.5. The Bertz CT molecular complexity index is 670. The average Bonchev–Trinajstić information content (AvgIpc) is 2.91. The highest BCUT2D eigenvalue weighted by Gasteiger charge is 2.19. The van der Waals surface area contributed by atoms with Crippen LogP contribution in [0.1, 0.15) is 24.2 Å². The van der Waals surface area contributed by atoms with Gasteiger partial charge in [-0.1, -0.05) is 11.6 Å². The second kappa shape index (κ2) is 7.17. The van der Waals surface area contributed by atoms with Crippen LogP contribution in [0.15, 0.2) is 24.4 Å². The van der Waals surface area contributed by atoms with Crippen molar-refractivity contribution in [3.63, 3.8) is 0 Å². The Balaban J connectivity index is 2.29. The number of carbonyl (C=O) groups excluding carboxylic acids is 1. The van der Waals surface area contributed by atoms with Crippen LogP contribution < -0.4 is 14.8 Å². The predicted octanol–water partition coefficient (Wildman–Crippen LogP) is 3.22. The van der Waals surface area contributed by atoms with Gasteiger partial charge in [-0.3, -0.25) is 9.48 Å². The van der Waals surface area contributed by atoms with E-state index in [0.717, 1.165) is 0 Å². The van der Waals surface area contributed by atoms with Crippen molar-refractivity contribution in [1.29, 1.82) is 0 Å². The molecule has 118 valence electrons. The molecule has 0 radical (unpaired) electrons. The van der Waals surface area contributed by atoms with Gasteiger partial charge in [0, 0.05) is 17.8 Å². The van der Waals surface area contributed by atoms with Gasteiger partial charge < -0.3 is 14.8 Å². The number of anilines is 1. The first-order valence-corrected chi connectivity index (χ1v) is 7.32. The van der Waals surface area contributed by atoms with Crippen LogP contribution >= 0.6 is 11.6 Å². The van der Waals surface area contributed by atoms with Gasteiger partial charge in [-0.25, -0.2) is 0 Å². The zero-order valence-corrected chi connectivity index (χ0v) is 13.5. The molecule has 6 nitrogen and oxygen atoms in total. The highest BCUT2D eigenvalue weighted by atomic mass is 35.5. The molecule has 2 aromatic rings. The molecule has 7 heteroatoms. The van der Waals surface area contributed by atoms with Crippen LogP contribution in [-0.2, 0) is 6.54 Å². The summed E-state index contributed by atoms with van der Waals surface area (Å²) in [6, 6.07) is 5.01. The molecule has 0 bridgehead atoms. The van der Waals surface area contributed by atoms with Crippen LogP contribution in [0.3, 0.4) is 0 Å². The zero-order chi connectivity index (χ0) is 16.1. The number of ether oxygens (including phenoxy) is 2. The van der Waals surface area contributed by atoms with Crippen LogP contribution in [0, 0.1) is 0 Å². The number of nitrogens with one attached hydrogen (secondary N) is 1. The molecule has 1 amide bonds. The van der Waals surface area contributed by atoms with E-state index in [4.69, 9.17) is 21.1 Å². The topological polar surface area (TPSA) is 65.4 Å². The smallest absolute Gasteiger partial charge is 0.262 e. The third-order valence-corrected chi connectivity index (χ3v) is 3.22. The number of methoxy groups -OCH3 is 1. The highest BCUT2D eigenvalue weighted by molar-refractivity contribution is 6.31. The summed E-state index contributed by atoms with van der Waals surface area (Å²) < 4.78 is 12.3. The fourth-order valence-corrected chi connectivity index (χ4v) is 2.10. The standard InChI is InChI=1S/C15H18ClN3O3/c1-4-19-9-11(15(18-19)22-5-2)14(20)17-12-8-10(16)6-7-13(12)21-3/h6-9H,4-5H2,1-3H3,(H,17,20). The average molecular weight is 324 g/mol. The monoisotopic (exact) mass is 323 g/mol. The van der Waals surface area contributed by atoms with Crippen molar-refractivity contribution in [2.75, 3.05) is 19.0 Å². The van der Waals surface area contributed by atoms with Crippen LogP contribution in [-0.4, -0.2) is 29.4 Å². The number of aromatic nitrogens is 2. The minimum absolute atomic E-state index is 0.308. The summed E-state index contributed by atoms with van der Waals surface area (Å²) in [5, 5.41) is 7.50. The summed E-state index contributed by atoms with van der Waals surface area (Å²) in [5.41, 5.74) is 0.859. The minimum Gasteiger partial charge on any atom is -0.495 e. The molecule has 2 rings (SSSR count). The van der Waals surface area contributed by atoms with Gasteiger partial charge in [-0.15, -0.1) is 5.10 Å². The fourth-order valence-electron chi connectivity index (χ4n) is 1.93. The van der Waals surface area contributed by atoms with Crippen molar-refractivity contribution >= 4 is 23.2 Å². The molecule has 0 fully saturated rings. The van der Waals surface area contributed by atoms with E-state index in [1.165, 1.54) is 7.11 Å². The van der Waals surface area contributed by atoms with Gasteiger partial charge in [0.15, 0.2) is 0 Å². The quantitative estimate of drug-likeness (QED) is 0.886. The number of nitrogens with zero attached hydrogens (tertiary/aromatic N) is 2. The molecular formula is C15H18ClN3O3. The van der Waals surface area contributed by atoms with E-state index in [0.29, 0.717) is 41.1 Å². The number of carbonyl (C=O) groups is 1. The summed E-state index contributed by atoms with van der Waals surface area (Å²) in [7, 11) is 1.53. The lowest BCUT2D eigenvalue weighted by molar-refractivity contribution is 0.102. The van der Waals surface area contributed by atoms with Crippen molar-refractivity contribution < 1.29 is 14.3 Å². The maximum Gasteiger partial charge on any atom is 0.262 e. The first-order valence-electron chi connectivity index (χ1n) is 6.94. The molecule has 1 aromatic heterocycles. The Morgan fingerprint density at radius 3 is 2.82 bits per heavy atom. The number of hydrogen-bond donors (Lipinski definition) is 1. The van der Waals surface area contributed by atoms with E-state index >= 15 is 0 Å². The summed E-state index contributed by atoms with van der Waals surface area (Å²) in [4.78, 5) is 12.5. The molecule has 0 spiro atoms. The van der Waals surface area contributed by atoms with Gasteiger partial charge in [0.2, 0.25) is 5.88 Å². The third-order valence-electron chi connectivity index (χ3n) is 2.99. The zero-order valence-electron chi connectivity index (χ0n) is 12.7. The minimum atomic E-state index is -0.330. The second-order valence-electron chi connectivity index (χ2n) is 4.44. The molecule has 0 unspecified atom stereocenters. The Morgan fingerprint density at radius 1 is 1.41 bits per heavy atom. The van der Waals surface area contributed by atoms with E-state index in [9.17, 15) is 4.79 Å². The molecule has 1 N–H and O–H groups in total. The van der Waals surface area contributed by atoms with Crippen LogP contribution in [0.4, 0.5) is 5.69 Å². The van der Waals surface area contributed by atoms with Gasteiger partial charge in [-0.05, 0) is 32.0 Å². The molecule has 0 aliphatic carbocycles. The first-order chi connectivity index (χ1) is 10.6. The highest BCUT2D eigenvalue weighted by Crippen LogP contribution is 2.29. The van der Waals surface area contributed by atoms with E-state index in [-0.39, 0.29) is 5.91 Å².